The van der Waals surface area contributed by atoms with E-state index < -0.39 is 0 Å². The van der Waals surface area contributed by atoms with E-state index in [9.17, 15) is 0 Å². The van der Waals surface area contributed by atoms with Crippen molar-refractivity contribution in [2.45, 2.75) is 19.6 Å². The second kappa shape index (κ2) is 10.4. The lowest BCUT2D eigenvalue weighted by molar-refractivity contribution is 0.306. The standard InChI is InChI=1S/C24H23ClN2O.ClH/c25-22-14-19(10-11-24(22)28-17-18-6-2-1-3-7-18)15-26-13-12-20-16-27-23-9-5-4-8-21(20)23;/h1-11,14,16,26-27H,12-13,15,17H2;1H. The molecule has 2 N–H and O–H groups in total. The monoisotopic (exact) mass is 426 g/mol. The van der Waals surface area contributed by atoms with Gasteiger partial charge in [0.15, 0.2) is 0 Å². The molecule has 0 fully saturated rings. The summed E-state index contributed by atoms with van der Waals surface area (Å²) in [5.41, 5.74) is 4.80. The molecule has 0 saturated carbocycles. The van der Waals surface area contributed by atoms with Gasteiger partial charge in [-0.15, -0.1) is 12.4 Å². The molecule has 5 heteroatoms. The molecule has 0 aliphatic heterocycles. The molecule has 0 aliphatic rings. The van der Waals surface area contributed by atoms with E-state index in [0.717, 1.165) is 30.6 Å². The average Bonchev–Trinajstić information content (AvgIpc) is 3.14. The number of halogens is 2. The van der Waals surface area contributed by atoms with Crippen LogP contribution in [0.1, 0.15) is 16.7 Å². The molecule has 0 spiro atoms. The zero-order valence-corrected chi connectivity index (χ0v) is 17.6. The van der Waals surface area contributed by atoms with Gasteiger partial charge in [-0.05, 0) is 47.9 Å². The number of nitrogens with one attached hydrogen (secondary N) is 2. The quantitative estimate of drug-likeness (QED) is 0.331. The van der Waals surface area contributed by atoms with Crippen LogP contribution in [0.5, 0.6) is 5.75 Å². The molecule has 0 radical (unpaired) electrons. The van der Waals surface area contributed by atoms with Crippen LogP contribution >= 0.6 is 24.0 Å². The summed E-state index contributed by atoms with van der Waals surface area (Å²) < 4.78 is 5.84. The molecule has 150 valence electrons. The normalized spacial score (nSPS) is 10.7. The zero-order chi connectivity index (χ0) is 19.2. The first kappa shape index (κ1) is 21.3. The number of para-hydroxylation sites is 1. The summed E-state index contributed by atoms with van der Waals surface area (Å²) in [5, 5.41) is 5.44. The second-order valence-corrected chi connectivity index (χ2v) is 7.23. The fourth-order valence-corrected chi connectivity index (χ4v) is 3.56. The third kappa shape index (κ3) is 5.54. The minimum atomic E-state index is 0. The zero-order valence-electron chi connectivity index (χ0n) is 16.0. The van der Waals surface area contributed by atoms with Crippen LogP contribution in [0.4, 0.5) is 0 Å². The lowest BCUT2D eigenvalue weighted by Gasteiger charge is -2.10. The molecule has 0 saturated heterocycles. The highest BCUT2D eigenvalue weighted by molar-refractivity contribution is 6.32. The van der Waals surface area contributed by atoms with Crippen molar-refractivity contribution in [2.75, 3.05) is 6.54 Å². The van der Waals surface area contributed by atoms with Crippen LogP contribution in [-0.4, -0.2) is 11.5 Å². The Morgan fingerprint density at radius 3 is 2.52 bits per heavy atom. The third-order valence-electron chi connectivity index (χ3n) is 4.81. The van der Waals surface area contributed by atoms with Crippen LogP contribution in [0.15, 0.2) is 79.0 Å². The van der Waals surface area contributed by atoms with Gasteiger partial charge in [0.05, 0.1) is 5.02 Å². The highest BCUT2D eigenvalue weighted by Gasteiger charge is 2.05. The van der Waals surface area contributed by atoms with Crippen LogP contribution < -0.4 is 10.1 Å². The molecule has 1 aromatic heterocycles. The van der Waals surface area contributed by atoms with Crippen molar-refractivity contribution in [3.05, 3.63) is 101 Å². The molecule has 0 unspecified atom stereocenters. The smallest absolute Gasteiger partial charge is 0.138 e. The number of aromatic nitrogens is 1. The van der Waals surface area contributed by atoms with Crippen LogP contribution in [0.3, 0.4) is 0 Å². The van der Waals surface area contributed by atoms with Crippen molar-refractivity contribution in [3.8, 4) is 5.75 Å². The highest BCUT2D eigenvalue weighted by atomic mass is 35.5. The van der Waals surface area contributed by atoms with Crippen molar-refractivity contribution in [2.24, 2.45) is 0 Å². The largest absolute Gasteiger partial charge is 0.487 e. The van der Waals surface area contributed by atoms with Crippen molar-refractivity contribution in [1.29, 1.82) is 0 Å². The molecular formula is C24H24Cl2N2O. The topological polar surface area (TPSA) is 37.0 Å². The van der Waals surface area contributed by atoms with E-state index >= 15 is 0 Å². The first-order valence-electron chi connectivity index (χ1n) is 9.50. The van der Waals surface area contributed by atoms with Gasteiger partial charge < -0.3 is 15.0 Å². The Morgan fingerprint density at radius 1 is 0.897 bits per heavy atom. The second-order valence-electron chi connectivity index (χ2n) is 6.83. The lowest BCUT2D eigenvalue weighted by Crippen LogP contribution is -2.16. The van der Waals surface area contributed by atoms with E-state index in [4.69, 9.17) is 16.3 Å². The van der Waals surface area contributed by atoms with E-state index in [0.29, 0.717) is 17.4 Å². The Morgan fingerprint density at radius 2 is 1.69 bits per heavy atom. The van der Waals surface area contributed by atoms with Crippen molar-refractivity contribution < 1.29 is 4.74 Å². The molecule has 0 bridgehead atoms. The predicted octanol–water partition coefficient (Wildman–Crippen LogP) is 6.15. The maximum absolute atomic E-state index is 6.40. The molecule has 3 nitrogen and oxygen atoms in total. The Bertz CT molecular complexity index is 1050. The highest BCUT2D eigenvalue weighted by Crippen LogP contribution is 2.26. The number of hydrogen-bond donors (Lipinski definition) is 2. The Kier molecular flexibility index (Phi) is 7.59. The van der Waals surface area contributed by atoms with E-state index in [1.165, 1.54) is 16.5 Å². The van der Waals surface area contributed by atoms with Gasteiger partial charge in [-0.25, -0.2) is 0 Å². The first-order valence-corrected chi connectivity index (χ1v) is 9.88. The van der Waals surface area contributed by atoms with Crippen LogP contribution in [-0.2, 0) is 19.6 Å². The number of aromatic amines is 1. The van der Waals surface area contributed by atoms with E-state index in [2.05, 4.69) is 46.8 Å². The molecule has 4 aromatic rings. The first-order chi connectivity index (χ1) is 13.8. The molecule has 0 atom stereocenters. The number of hydrogen-bond acceptors (Lipinski definition) is 2. The molecular weight excluding hydrogens is 403 g/mol. The summed E-state index contributed by atoms with van der Waals surface area (Å²) in [5.74, 6) is 0.716. The van der Waals surface area contributed by atoms with Crippen LogP contribution in [0.25, 0.3) is 10.9 Å². The van der Waals surface area contributed by atoms with Gasteiger partial charge in [0.1, 0.15) is 12.4 Å². The SMILES string of the molecule is Cl.Clc1cc(CNCCc2c[nH]c3ccccc23)ccc1OCc1ccccc1. The average molecular weight is 427 g/mol. The van der Waals surface area contributed by atoms with Crippen molar-refractivity contribution in [1.82, 2.24) is 10.3 Å². The van der Waals surface area contributed by atoms with Gasteiger partial charge in [0, 0.05) is 23.6 Å². The summed E-state index contributed by atoms with van der Waals surface area (Å²) in [4.78, 5) is 3.33. The van der Waals surface area contributed by atoms with Gasteiger partial charge in [0.25, 0.3) is 0 Å². The lowest BCUT2D eigenvalue weighted by atomic mass is 10.1. The predicted molar refractivity (Wildman–Crippen MR) is 123 cm³/mol. The molecule has 29 heavy (non-hydrogen) atoms. The molecule has 0 aliphatic carbocycles. The van der Waals surface area contributed by atoms with Crippen molar-refractivity contribution >= 4 is 34.9 Å². The van der Waals surface area contributed by atoms with Crippen LogP contribution in [0.2, 0.25) is 5.02 Å². The molecule has 3 aromatic carbocycles. The number of fused-ring (bicyclic) bond motifs is 1. The van der Waals surface area contributed by atoms with Gasteiger partial charge in [-0.3, -0.25) is 0 Å². The van der Waals surface area contributed by atoms with Gasteiger partial charge >= 0.3 is 0 Å². The van der Waals surface area contributed by atoms with Gasteiger partial charge in [0.2, 0.25) is 0 Å². The van der Waals surface area contributed by atoms with E-state index in [1.54, 1.807) is 0 Å². The summed E-state index contributed by atoms with van der Waals surface area (Å²) >= 11 is 6.40. The Hall–Kier alpha value is -2.46. The van der Waals surface area contributed by atoms with Crippen LogP contribution in [0, 0.1) is 0 Å². The van der Waals surface area contributed by atoms with E-state index in [1.807, 2.05) is 42.5 Å². The number of ether oxygens (including phenoxy) is 1. The Labute approximate surface area is 182 Å². The molecule has 0 amide bonds. The minimum absolute atomic E-state index is 0. The number of benzene rings is 3. The maximum Gasteiger partial charge on any atom is 0.138 e. The third-order valence-corrected chi connectivity index (χ3v) is 5.10. The fourth-order valence-electron chi connectivity index (χ4n) is 3.30. The summed E-state index contributed by atoms with van der Waals surface area (Å²) in [6.45, 7) is 2.20. The minimum Gasteiger partial charge on any atom is -0.487 e. The number of H-pyrrole nitrogens is 1. The van der Waals surface area contributed by atoms with Gasteiger partial charge in [-0.2, -0.15) is 0 Å². The Balaban J connectivity index is 0.00000240. The maximum atomic E-state index is 6.40. The number of rotatable bonds is 8. The summed E-state index contributed by atoms with van der Waals surface area (Å²) in [6.07, 6.45) is 3.08. The fraction of sp³-hybridized carbons (Fsp3) is 0.167. The van der Waals surface area contributed by atoms with Crippen molar-refractivity contribution in [3.63, 3.8) is 0 Å². The summed E-state index contributed by atoms with van der Waals surface area (Å²) in [6, 6.07) is 24.5. The molecule has 1 heterocycles. The van der Waals surface area contributed by atoms with Gasteiger partial charge in [-0.1, -0.05) is 66.2 Å². The molecule has 4 rings (SSSR count). The van der Waals surface area contributed by atoms with E-state index in [-0.39, 0.29) is 12.4 Å². The summed E-state index contributed by atoms with van der Waals surface area (Å²) in [7, 11) is 0.